The molecule has 0 aliphatic rings. The molecule has 0 saturated heterocycles. The number of esters is 1. The van der Waals surface area contributed by atoms with E-state index in [9.17, 15) is 9.59 Å². The second-order valence-electron chi connectivity index (χ2n) is 3.39. The molecule has 0 saturated carbocycles. The van der Waals surface area contributed by atoms with Gasteiger partial charge in [0.15, 0.2) is 5.78 Å². The number of hydrogen-bond acceptors (Lipinski definition) is 5. The van der Waals surface area contributed by atoms with E-state index < -0.39 is 6.04 Å². The van der Waals surface area contributed by atoms with Crippen LogP contribution in [-0.4, -0.2) is 36.6 Å². The number of unbranched alkanes of at least 4 members (excludes halogenated alkanes) is 2. The Balaban J connectivity index is 3.39. The highest BCUT2D eigenvalue weighted by Gasteiger charge is 2.11. The van der Waals surface area contributed by atoms with Gasteiger partial charge >= 0.3 is 5.97 Å². The smallest absolute Gasteiger partial charge is 0.305 e. The first kappa shape index (κ1) is 14.1. The van der Waals surface area contributed by atoms with E-state index >= 15 is 0 Å². The fourth-order valence-electron chi connectivity index (χ4n) is 1.13. The minimum Gasteiger partial charge on any atom is -0.469 e. The summed E-state index contributed by atoms with van der Waals surface area (Å²) in [6.07, 6.45) is 2.95. The lowest BCUT2D eigenvalue weighted by Crippen LogP contribution is -2.33. The normalized spacial score (nSPS) is 12.2. The standard InChI is InChI=1S/C10H19NO4/c1-15-10(14)6-4-2-3-5-9(13)8(11)7-12/h8,12H,2-7,11H2,1H3/t8-/m0/s1. The molecule has 0 unspecified atom stereocenters. The van der Waals surface area contributed by atoms with Crippen LogP contribution in [-0.2, 0) is 14.3 Å². The number of methoxy groups -OCH3 is 1. The largest absolute Gasteiger partial charge is 0.469 e. The molecule has 1 atom stereocenters. The number of hydrogen-bond donors (Lipinski definition) is 2. The molecule has 0 aromatic carbocycles. The molecule has 0 fully saturated rings. The third kappa shape index (κ3) is 7.04. The molecule has 88 valence electrons. The van der Waals surface area contributed by atoms with Crippen LogP contribution in [0.3, 0.4) is 0 Å². The zero-order valence-electron chi connectivity index (χ0n) is 9.07. The van der Waals surface area contributed by atoms with Gasteiger partial charge in [-0.1, -0.05) is 6.42 Å². The monoisotopic (exact) mass is 217 g/mol. The highest BCUT2D eigenvalue weighted by atomic mass is 16.5. The quantitative estimate of drug-likeness (QED) is 0.441. The molecule has 0 aromatic heterocycles. The first-order valence-electron chi connectivity index (χ1n) is 5.07. The van der Waals surface area contributed by atoms with Crippen LogP contribution in [0, 0.1) is 0 Å². The van der Waals surface area contributed by atoms with Crippen molar-refractivity contribution in [3.8, 4) is 0 Å². The van der Waals surface area contributed by atoms with Gasteiger partial charge in [0, 0.05) is 12.8 Å². The van der Waals surface area contributed by atoms with E-state index in [0.717, 1.165) is 6.42 Å². The van der Waals surface area contributed by atoms with Crippen LogP contribution < -0.4 is 5.73 Å². The molecule has 15 heavy (non-hydrogen) atoms. The third-order valence-electron chi connectivity index (χ3n) is 2.14. The van der Waals surface area contributed by atoms with Crippen molar-refractivity contribution in [1.82, 2.24) is 0 Å². The fourth-order valence-corrected chi connectivity index (χ4v) is 1.13. The van der Waals surface area contributed by atoms with Crippen molar-refractivity contribution in [3.63, 3.8) is 0 Å². The lowest BCUT2D eigenvalue weighted by atomic mass is 10.1. The molecule has 5 heteroatoms. The average molecular weight is 217 g/mol. The number of rotatable bonds is 8. The summed E-state index contributed by atoms with van der Waals surface area (Å²) in [7, 11) is 1.35. The van der Waals surface area contributed by atoms with E-state index in [1.165, 1.54) is 7.11 Å². The van der Waals surface area contributed by atoms with Gasteiger partial charge in [0.05, 0.1) is 19.8 Å². The molecule has 0 aromatic rings. The number of ether oxygens (including phenoxy) is 1. The Morgan fingerprint density at radius 1 is 1.27 bits per heavy atom. The lowest BCUT2D eigenvalue weighted by Gasteiger charge is -2.06. The SMILES string of the molecule is COC(=O)CCCCCC(=O)[C@@H](N)CO. The van der Waals surface area contributed by atoms with Crippen molar-refractivity contribution < 1.29 is 19.4 Å². The highest BCUT2D eigenvalue weighted by molar-refractivity contribution is 5.83. The number of aliphatic hydroxyl groups excluding tert-OH is 1. The predicted molar refractivity (Wildman–Crippen MR) is 55.2 cm³/mol. The molecule has 0 amide bonds. The second-order valence-corrected chi connectivity index (χ2v) is 3.39. The summed E-state index contributed by atoms with van der Waals surface area (Å²) in [5.74, 6) is -0.357. The van der Waals surface area contributed by atoms with Crippen molar-refractivity contribution in [2.45, 2.75) is 38.1 Å². The van der Waals surface area contributed by atoms with Gasteiger partial charge in [-0.25, -0.2) is 0 Å². The van der Waals surface area contributed by atoms with E-state index in [-0.39, 0.29) is 18.4 Å². The first-order valence-corrected chi connectivity index (χ1v) is 5.07. The number of ketones is 1. The van der Waals surface area contributed by atoms with Crippen LogP contribution in [0.5, 0.6) is 0 Å². The first-order chi connectivity index (χ1) is 7.11. The Labute approximate surface area is 89.6 Å². The molecular weight excluding hydrogens is 198 g/mol. The molecule has 0 aliphatic carbocycles. The van der Waals surface area contributed by atoms with Crippen LogP contribution in [0.2, 0.25) is 0 Å². The van der Waals surface area contributed by atoms with Gasteiger partial charge in [-0.2, -0.15) is 0 Å². The Bertz CT molecular complexity index is 206. The molecule has 0 rings (SSSR count). The third-order valence-corrected chi connectivity index (χ3v) is 2.14. The summed E-state index contributed by atoms with van der Waals surface area (Å²) in [6.45, 7) is -0.305. The molecule has 0 aliphatic heterocycles. The maximum atomic E-state index is 11.2. The van der Waals surface area contributed by atoms with Crippen molar-refractivity contribution in [3.05, 3.63) is 0 Å². The summed E-state index contributed by atoms with van der Waals surface area (Å²) in [5.41, 5.74) is 5.33. The molecular formula is C10H19NO4. The van der Waals surface area contributed by atoms with E-state index in [0.29, 0.717) is 25.7 Å². The Morgan fingerprint density at radius 2 is 1.87 bits per heavy atom. The van der Waals surface area contributed by atoms with Crippen molar-refractivity contribution in [1.29, 1.82) is 0 Å². The number of carbonyl (C=O) groups excluding carboxylic acids is 2. The number of nitrogens with two attached hydrogens (primary N) is 1. The maximum absolute atomic E-state index is 11.2. The summed E-state index contributed by atoms with van der Waals surface area (Å²) in [4.78, 5) is 21.9. The summed E-state index contributed by atoms with van der Waals surface area (Å²) in [6, 6.07) is -0.759. The topological polar surface area (TPSA) is 89.6 Å². The van der Waals surface area contributed by atoms with Crippen molar-refractivity contribution >= 4 is 11.8 Å². The summed E-state index contributed by atoms with van der Waals surface area (Å²) in [5, 5.41) is 8.61. The molecule has 0 bridgehead atoms. The number of aliphatic hydroxyl groups is 1. The van der Waals surface area contributed by atoms with Crippen LogP contribution in [0.1, 0.15) is 32.1 Å². The molecule has 3 N–H and O–H groups in total. The lowest BCUT2D eigenvalue weighted by molar-refractivity contribution is -0.140. The Hall–Kier alpha value is -0.940. The minimum atomic E-state index is -0.759. The van der Waals surface area contributed by atoms with Gasteiger partial charge in [-0.05, 0) is 12.8 Å². The Morgan fingerprint density at radius 3 is 2.40 bits per heavy atom. The van der Waals surface area contributed by atoms with Gasteiger partial charge in [-0.3, -0.25) is 9.59 Å². The fraction of sp³-hybridized carbons (Fsp3) is 0.800. The maximum Gasteiger partial charge on any atom is 0.305 e. The van der Waals surface area contributed by atoms with Gasteiger partial charge in [0.2, 0.25) is 0 Å². The van der Waals surface area contributed by atoms with Gasteiger partial charge in [0.1, 0.15) is 0 Å². The number of Topliss-reactive ketones (excluding diaryl/α,β-unsaturated/α-hetero) is 1. The minimum absolute atomic E-state index is 0.129. The predicted octanol–water partition coefficient (Wildman–Crippen LogP) is -0.00140. The van der Waals surface area contributed by atoms with Crippen molar-refractivity contribution in [2.24, 2.45) is 5.73 Å². The van der Waals surface area contributed by atoms with Gasteiger partial charge in [0.25, 0.3) is 0 Å². The van der Waals surface area contributed by atoms with Crippen LogP contribution in [0.4, 0.5) is 0 Å². The van der Waals surface area contributed by atoms with Gasteiger partial charge in [-0.15, -0.1) is 0 Å². The Kier molecular flexibility index (Phi) is 7.85. The van der Waals surface area contributed by atoms with E-state index in [2.05, 4.69) is 4.74 Å². The summed E-state index contributed by atoms with van der Waals surface area (Å²) >= 11 is 0. The zero-order chi connectivity index (χ0) is 11.7. The molecule has 0 radical (unpaired) electrons. The van der Waals surface area contributed by atoms with Crippen LogP contribution >= 0.6 is 0 Å². The molecule has 0 spiro atoms. The van der Waals surface area contributed by atoms with Crippen LogP contribution in [0.25, 0.3) is 0 Å². The zero-order valence-corrected chi connectivity index (χ0v) is 9.07. The molecule has 0 heterocycles. The van der Waals surface area contributed by atoms with Crippen LogP contribution in [0.15, 0.2) is 0 Å². The number of carbonyl (C=O) groups is 2. The van der Waals surface area contributed by atoms with Gasteiger partial charge < -0.3 is 15.6 Å². The second kappa shape index (κ2) is 8.38. The molecule has 5 nitrogen and oxygen atoms in total. The summed E-state index contributed by atoms with van der Waals surface area (Å²) < 4.78 is 4.47. The average Bonchev–Trinajstić information content (AvgIpc) is 2.26. The van der Waals surface area contributed by atoms with Crippen molar-refractivity contribution in [2.75, 3.05) is 13.7 Å². The highest BCUT2D eigenvalue weighted by Crippen LogP contribution is 2.05. The van der Waals surface area contributed by atoms with E-state index in [4.69, 9.17) is 10.8 Å². The van der Waals surface area contributed by atoms with E-state index in [1.54, 1.807) is 0 Å². The van der Waals surface area contributed by atoms with E-state index in [1.807, 2.05) is 0 Å².